The van der Waals surface area contributed by atoms with Crippen molar-refractivity contribution in [1.29, 1.82) is 0 Å². The summed E-state index contributed by atoms with van der Waals surface area (Å²) in [5.41, 5.74) is 0.596. The van der Waals surface area contributed by atoms with Crippen molar-refractivity contribution in [2.24, 2.45) is 0 Å². The molecule has 0 spiro atoms. The van der Waals surface area contributed by atoms with Gasteiger partial charge in [-0.1, -0.05) is 25.1 Å². The molecule has 3 heteroatoms. The Balaban J connectivity index is 2.54. The van der Waals surface area contributed by atoms with Crippen LogP contribution in [0.4, 0.5) is 0 Å². The fourth-order valence-corrected chi connectivity index (χ4v) is 1.06. The largest absolute Gasteiger partial charge is 0.388 e. The van der Waals surface area contributed by atoms with Crippen LogP contribution in [0.5, 0.6) is 0 Å². The second-order valence-corrected chi connectivity index (χ2v) is 3.12. The van der Waals surface area contributed by atoms with Crippen molar-refractivity contribution in [1.82, 2.24) is 0 Å². The Kier molecular flexibility index (Phi) is 3.67. The number of hydrogen-bond donors (Lipinski definition) is 0. The first kappa shape index (κ1) is 9.13. The van der Waals surface area contributed by atoms with Crippen LogP contribution in [0.15, 0.2) is 30.3 Å². The summed E-state index contributed by atoms with van der Waals surface area (Å²) in [6, 6.07) is 8.96. The molecule has 12 heavy (non-hydrogen) atoms. The summed E-state index contributed by atoms with van der Waals surface area (Å²) >= 11 is 1.16. The van der Waals surface area contributed by atoms with E-state index in [9.17, 15) is 4.79 Å². The highest BCUT2D eigenvalue weighted by atomic mass is 32.2. The molecule has 1 rings (SSSR count). The summed E-state index contributed by atoms with van der Waals surface area (Å²) in [5, 5.41) is 0. The van der Waals surface area contributed by atoms with E-state index in [0.717, 1.165) is 17.8 Å². The summed E-state index contributed by atoms with van der Waals surface area (Å²) in [5.74, 6) is 0.501. The summed E-state index contributed by atoms with van der Waals surface area (Å²) in [4.78, 5) is 11.2. The lowest BCUT2D eigenvalue weighted by molar-refractivity contribution is 0.0768. The number of rotatable bonds is 3. The average Bonchev–Trinajstić information content (AvgIpc) is 2.15. The fraction of sp³-hybridized carbons (Fsp3) is 0.222. The van der Waals surface area contributed by atoms with Gasteiger partial charge in [-0.15, -0.1) is 0 Å². The highest BCUT2D eigenvalue weighted by Crippen LogP contribution is 2.08. The van der Waals surface area contributed by atoms with Crippen molar-refractivity contribution in [3.8, 4) is 0 Å². The minimum absolute atomic E-state index is 0.276. The smallest absolute Gasteiger partial charge is 0.350 e. The molecule has 1 aromatic carbocycles. The molecule has 0 fully saturated rings. The van der Waals surface area contributed by atoms with Gasteiger partial charge in [0.05, 0.1) is 17.6 Å². The van der Waals surface area contributed by atoms with Gasteiger partial charge in [-0.05, 0) is 12.1 Å². The Bertz CT molecular complexity index is 246. The van der Waals surface area contributed by atoms with Crippen molar-refractivity contribution in [2.75, 3.05) is 5.75 Å². The minimum Gasteiger partial charge on any atom is -0.388 e. The van der Waals surface area contributed by atoms with Gasteiger partial charge in [-0.3, -0.25) is 0 Å². The number of carbonyl (C=O) groups is 1. The zero-order chi connectivity index (χ0) is 8.81. The Hall–Kier alpha value is -0.960. The van der Waals surface area contributed by atoms with Crippen molar-refractivity contribution < 1.29 is 8.98 Å². The maximum absolute atomic E-state index is 11.2. The van der Waals surface area contributed by atoms with Crippen molar-refractivity contribution in [3.05, 3.63) is 35.9 Å². The minimum atomic E-state index is -0.276. The topological polar surface area (TPSA) is 26.3 Å². The van der Waals surface area contributed by atoms with Crippen LogP contribution < -0.4 is 0 Å². The van der Waals surface area contributed by atoms with Crippen LogP contribution in [0.25, 0.3) is 0 Å². The molecule has 0 heterocycles. The van der Waals surface area contributed by atoms with E-state index in [0.29, 0.717) is 5.56 Å². The van der Waals surface area contributed by atoms with E-state index >= 15 is 0 Å². The van der Waals surface area contributed by atoms with Gasteiger partial charge < -0.3 is 4.18 Å². The molecule has 0 saturated heterocycles. The molecule has 0 atom stereocenters. The van der Waals surface area contributed by atoms with Crippen LogP contribution in [-0.4, -0.2) is 11.7 Å². The Morgan fingerprint density at radius 3 is 2.67 bits per heavy atom. The summed E-state index contributed by atoms with van der Waals surface area (Å²) in [6.07, 6.45) is 0. The fourth-order valence-electron chi connectivity index (χ4n) is 0.735. The zero-order valence-electron chi connectivity index (χ0n) is 6.82. The Morgan fingerprint density at radius 2 is 2.08 bits per heavy atom. The summed E-state index contributed by atoms with van der Waals surface area (Å²) < 4.78 is 4.85. The number of benzene rings is 1. The number of carbonyl (C=O) groups excluding carboxylic acids is 1. The van der Waals surface area contributed by atoms with Crippen LogP contribution in [0.2, 0.25) is 0 Å². The van der Waals surface area contributed by atoms with E-state index < -0.39 is 0 Å². The van der Waals surface area contributed by atoms with Crippen molar-refractivity contribution in [2.45, 2.75) is 6.92 Å². The van der Waals surface area contributed by atoms with Crippen LogP contribution in [0, 0.1) is 0 Å². The Morgan fingerprint density at radius 1 is 1.42 bits per heavy atom. The third-order valence-electron chi connectivity index (χ3n) is 1.26. The van der Waals surface area contributed by atoms with Crippen LogP contribution in [-0.2, 0) is 4.18 Å². The van der Waals surface area contributed by atoms with E-state index in [1.165, 1.54) is 0 Å². The molecule has 0 aliphatic rings. The molecule has 0 amide bonds. The predicted octanol–water partition coefficient (Wildman–Crippen LogP) is 2.51. The van der Waals surface area contributed by atoms with Crippen LogP contribution in [0.1, 0.15) is 17.3 Å². The number of hydrogen-bond acceptors (Lipinski definition) is 3. The highest BCUT2D eigenvalue weighted by Gasteiger charge is 2.04. The maximum atomic E-state index is 11.2. The molecular formula is C9H10O2S. The lowest BCUT2D eigenvalue weighted by atomic mass is 10.2. The van der Waals surface area contributed by atoms with Gasteiger partial charge in [0.2, 0.25) is 0 Å². The van der Waals surface area contributed by atoms with Gasteiger partial charge in [0.15, 0.2) is 0 Å². The SMILES string of the molecule is CCSOC(=O)c1ccccc1. The molecule has 0 aromatic heterocycles. The van der Waals surface area contributed by atoms with E-state index in [2.05, 4.69) is 0 Å². The molecule has 0 bridgehead atoms. The monoisotopic (exact) mass is 182 g/mol. The van der Waals surface area contributed by atoms with Gasteiger partial charge in [0.25, 0.3) is 0 Å². The van der Waals surface area contributed by atoms with E-state index in [-0.39, 0.29) is 5.97 Å². The van der Waals surface area contributed by atoms with Crippen LogP contribution >= 0.6 is 12.0 Å². The standard InChI is InChI=1S/C9H10O2S/c1-2-12-11-9(10)8-6-4-3-5-7-8/h3-7H,2H2,1H3. The highest BCUT2D eigenvalue weighted by molar-refractivity contribution is 7.95. The van der Waals surface area contributed by atoms with Gasteiger partial charge in [0, 0.05) is 5.75 Å². The first-order valence-electron chi connectivity index (χ1n) is 3.73. The van der Waals surface area contributed by atoms with E-state index in [1.54, 1.807) is 12.1 Å². The second kappa shape index (κ2) is 4.83. The molecule has 1 aromatic rings. The third kappa shape index (κ3) is 2.58. The van der Waals surface area contributed by atoms with E-state index in [4.69, 9.17) is 4.18 Å². The van der Waals surface area contributed by atoms with Gasteiger partial charge in [0.1, 0.15) is 0 Å². The molecule has 0 unspecified atom stereocenters. The van der Waals surface area contributed by atoms with Gasteiger partial charge in [-0.25, -0.2) is 4.79 Å². The van der Waals surface area contributed by atoms with Crippen LogP contribution in [0.3, 0.4) is 0 Å². The van der Waals surface area contributed by atoms with Gasteiger partial charge in [-0.2, -0.15) is 0 Å². The third-order valence-corrected chi connectivity index (χ3v) is 1.77. The normalized spacial score (nSPS) is 9.42. The molecule has 0 aliphatic heterocycles. The molecule has 0 aliphatic carbocycles. The Labute approximate surface area is 76.1 Å². The zero-order valence-corrected chi connectivity index (χ0v) is 7.64. The van der Waals surface area contributed by atoms with Crippen molar-refractivity contribution in [3.63, 3.8) is 0 Å². The molecule has 0 radical (unpaired) electrons. The molecule has 64 valence electrons. The average molecular weight is 182 g/mol. The lowest BCUT2D eigenvalue weighted by Gasteiger charge is -1.99. The first-order chi connectivity index (χ1) is 5.84. The molecule has 0 N–H and O–H groups in total. The van der Waals surface area contributed by atoms with Crippen molar-refractivity contribution >= 4 is 18.0 Å². The maximum Gasteiger partial charge on any atom is 0.350 e. The predicted molar refractivity (Wildman–Crippen MR) is 50.0 cm³/mol. The second-order valence-electron chi connectivity index (χ2n) is 2.14. The van der Waals surface area contributed by atoms with E-state index in [1.807, 2.05) is 25.1 Å². The van der Waals surface area contributed by atoms with Gasteiger partial charge >= 0.3 is 5.97 Å². The first-order valence-corrected chi connectivity index (χ1v) is 4.64. The summed E-state index contributed by atoms with van der Waals surface area (Å²) in [7, 11) is 0. The molecule has 2 nitrogen and oxygen atoms in total. The molecular weight excluding hydrogens is 172 g/mol. The molecule has 0 saturated carbocycles. The lowest BCUT2D eigenvalue weighted by Crippen LogP contribution is -1.98. The summed E-state index contributed by atoms with van der Waals surface area (Å²) in [6.45, 7) is 1.93. The quantitative estimate of drug-likeness (QED) is 0.672.